The molecule has 1 aromatic heterocycles. The van der Waals surface area contributed by atoms with Crippen LogP contribution in [-0.2, 0) is 6.54 Å². The first-order chi connectivity index (χ1) is 10.3. The Morgan fingerprint density at radius 3 is 2.48 bits per heavy atom. The lowest BCUT2D eigenvalue weighted by molar-refractivity contribution is -0.677. The molecule has 3 aromatic rings. The molecule has 3 heterocycles. The van der Waals surface area contributed by atoms with E-state index >= 15 is 0 Å². The van der Waals surface area contributed by atoms with E-state index < -0.39 is 0 Å². The lowest BCUT2D eigenvalue weighted by Gasteiger charge is -2.19. The second-order valence-corrected chi connectivity index (χ2v) is 6.08. The van der Waals surface area contributed by atoms with E-state index in [2.05, 4.69) is 72.2 Å². The third-order valence-corrected chi connectivity index (χ3v) is 5.01. The van der Waals surface area contributed by atoms with Crippen LogP contribution in [0, 0.1) is 6.92 Å². The van der Waals surface area contributed by atoms with Gasteiger partial charge in [-0.3, -0.25) is 0 Å². The van der Waals surface area contributed by atoms with Crippen LogP contribution in [0.4, 0.5) is 0 Å². The van der Waals surface area contributed by atoms with Gasteiger partial charge in [0.25, 0.3) is 0 Å². The Hall–Kier alpha value is -2.35. The molecule has 2 aromatic carbocycles. The van der Waals surface area contributed by atoms with Gasteiger partial charge in [0.2, 0.25) is 0 Å². The Morgan fingerprint density at radius 2 is 1.57 bits per heavy atom. The van der Waals surface area contributed by atoms with Crippen molar-refractivity contribution in [2.24, 2.45) is 0 Å². The van der Waals surface area contributed by atoms with Gasteiger partial charge >= 0.3 is 6.71 Å². The van der Waals surface area contributed by atoms with Gasteiger partial charge in [0.15, 0.2) is 17.8 Å². The molecule has 5 rings (SSSR count). The molecule has 0 N–H and O–H groups in total. The van der Waals surface area contributed by atoms with Crippen molar-refractivity contribution in [3.63, 3.8) is 0 Å². The molecule has 98 valence electrons. The summed E-state index contributed by atoms with van der Waals surface area (Å²) in [6, 6.07) is 22.3. The minimum Gasteiger partial charge on any atom is -0.204 e. The van der Waals surface area contributed by atoms with Gasteiger partial charge in [-0.05, 0) is 11.6 Å². The summed E-state index contributed by atoms with van der Waals surface area (Å²) in [6.07, 6.45) is 0. The van der Waals surface area contributed by atoms with E-state index in [1.807, 2.05) is 0 Å². The minimum absolute atomic E-state index is 0.404. The van der Waals surface area contributed by atoms with Crippen molar-refractivity contribution < 1.29 is 4.57 Å². The molecule has 0 bridgehead atoms. The Balaban J connectivity index is 1.94. The van der Waals surface area contributed by atoms with Gasteiger partial charge in [0.05, 0.1) is 0 Å². The first kappa shape index (κ1) is 11.3. The maximum atomic E-state index is 2.50. The molecule has 2 aliphatic rings. The average Bonchev–Trinajstić information content (AvgIpc) is 2.87. The van der Waals surface area contributed by atoms with Crippen LogP contribution >= 0.6 is 0 Å². The Labute approximate surface area is 125 Å². The van der Waals surface area contributed by atoms with E-state index in [1.54, 1.807) is 0 Å². The Kier molecular flexibility index (Phi) is 2.08. The molecule has 0 unspecified atom stereocenters. The molecular formula is C19H15BN+. The van der Waals surface area contributed by atoms with E-state index in [0.29, 0.717) is 6.71 Å². The monoisotopic (exact) mass is 268 g/mol. The van der Waals surface area contributed by atoms with Crippen molar-refractivity contribution >= 4 is 23.2 Å². The molecule has 21 heavy (non-hydrogen) atoms. The number of hydrogen-bond donors (Lipinski definition) is 0. The van der Waals surface area contributed by atoms with Crippen LogP contribution in [0.2, 0.25) is 0 Å². The van der Waals surface area contributed by atoms with Crippen molar-refractivity contribution in [1.82, 2.24) is 0 Å². The quantitative estimate of drug-likeness (QED) is 0.293. The van der Waals surface area contributed by atoms with Crippen LogP contribution in [0.1, 0.15) is 11.3 Å². The predicted molar refractivity (Wildman–Crippen MR) is 87.0 cm³/mol. The molecule has 0 amide bonds. The highest BCUT2D eigenvalue weighted by Crippen LogP contribution is 2.23. The number of hydrogen-bond acceptors (Lipinski definition) is 0. The van der Waals surface area contributed by atoms with Crippen molar-refractivity contribution in [2.45, 2.75) is 13.5 Å². The molecule has 0 radical (unpaired) electrons. The van der Waals surface area contributed by atoms with Gasteiger partial charge in [0.1, 0.15) is 0 Å². The van der Waals surface area contributed by atoms with Gasteiger partial charge in [0, 0.05) is 24.1 Å². The zero-order valence-electron chi connectivity index (χ0n) is 12.0. The van der Waals surface area contributed by atoms with E-state index in [-0.39, 0.29) is 0 Å². The summed E-state index contributed by atoms with van der Waals surface area (Å²) in [6.45, 7) is 3.62. The molecule has 1 nitrogen and oxygen atoms in total. The maximum absolute atomic E-state index is 2.50. The molecule has 0 spiro atoms. The lowest BCUT2D eigenvalue weighted by Crippen LogP contribution is -2.69. The van der Waals surface area contributed by atoms with Crippen LogP contribution in [0.3, 0.4) is 0 Å². The highest BCUT2D eigenvalue weighted by molar-refractivity contribution is 6.98. The average molecular weight is 268 g/mol. The van der Waals surface area contributed by atoms with E-state index in [1.165, 1.54) is 38.9 Å². The standard InChI is InChI=1S/C19H15BN/c1-13-10-11-16-15-7-3-5-9-18(15)20-17-8-4-2-6-14(17)12-21(13)19(16)20/h2-11H,12H2,1H3/q+1. The fraction of sp³-hybridized carbons (Fsp3) is 0.105. The molecule has 0 fully saturated rings. The molecule has 2 heteroatoms. The molecule has 0 aliphatic carbocycles. The van der Waals surface area contributed by atoms with Crippen LogP contribution in [0.5, 0.6) is 0 Å². The zero-order valence-corrected chi connectivity index (χ0v) is 12.0. The van der Waals surface area contributed by atoms with Gasteiger partial charge in [-0.15, -0.1) is 0 Å². The third-order valence-electron chi connectivity index (χ3n) is 5.01. The molecule has 0 saturated heterocycles. The SMILES string of the molecule is Cc1ccc2c3[n+]1Cc1ccccc1B3c1ccccc1-2. The second kappa shape index (κ2) is 3.85. The summed E-state index contributed by atoms with van der Waals surface area (Å²) in [7, 11) is 0. The number of fused-ring (bicyclic) bond motifs is 5. The summed E-state index contributed by atoms with van der Waals surface area (Å²) in [5.41, 5.74) is 10.0. The van der Waals surface area contributed by atoms with Crippen LogP contribution in [0.25, 0.3) is 11.1 Å². The fourth-order valence-electron chi connectivity index (χ4n) is 4.05. The number of rotatable bonds is 0. The topological polar surface area (TPSA) is 3.88 Å². The first-order valence-electron chi connectivity index (χ1n) is 7.55. The minimum atomic E-state index is 0.404. The number of pyridine rings is 1. The second-order valence-electron chi connectivity index (χ2n) is 6.08. The molecular weight excluding hydrogens is 253 g/mol. The summed E-state index contributed by atoms with van der Waals surface area (Å²) in [4.78, 5) is 0. The first-order valence-corrected chi connectivity index (χ1v) is 7.55. The van der Waals surface area contributed by atoms with Crippen molar-refractivity contribution in [1.29, 1.82) is 0 Å². The van der Waals surface area contributed by atoms with Crippen LogP contribution < -0.4 is 21.1 Å². The number of aromatic nitrogens is 1. The van der Waals surface area contributed by atoms with Gasteiger partial charge in [-0.25, -0.2) is 4.57 Å². The Morgan fingerprint density at radius 1 is 0.810 bits per heavy atom. The van der Waals surface area contributed by atoms with Crippen molar-refractivity contribution in [3.8, 4) is 11.1 Å². The zero-order chi connectivity index (χ0) is 14.0. The van der Waals surface area contributed by atoms with Gasteiger partial charge < -0.3 is 0 Å². The highest BCUT2D eigenvalue weighted by atomic mass is 15.0. The van der Waals surface area contributed by atoms with E-state index in [0.717, 1.165) is 6.54 Å². The Bertz CT molecular complexity index is 898. The number of nitrogens with zero attached hydrogens (tertiary/aromatic N) is 1. The summed E-state index contributed by atoms with van der Waals surface area (Å²) < 4.78 is 2.50. The van der Waals surface area contributed by atoms with Crippen molar-refractivity contribution in [3.05, 3.63) is 71.9 Å². The number of aryl methyl sites for hydroxylation is 1. The molecule has 0 atom stereocenters. The fourth-order valence-corrected chi connectivity index (χ4v) is 4.05. The predicted octanol–water partition coefficient (Wildman–Crippen LogP) is 1.14. The van der Waals surface area contributed by atoms with E-state index in [9.17, 15) is 0 Å². The number of benzene rings is 2. The summed E-state index contributed by atoms with van der Waals surface area (Å²) >= 11 is 0. The summed E-state index contributed by atoms with van der Waals surface area (Å²) in [5, 5.41) is 0. The maximum Gasteiger partial charge on any atom is 0.327 e. The normalized spacial score (nSPS) is 13.7. The van der Waals surface area contributed by atoms with E-state index in [4.69, 9.17) is 0 Å². The van der Waals surface area contributed by atoms with Crippen LogP contribution in [0.15, 0.2) is 60.7 Å². The molecule has 2 aliphatic heterocycles. The van der Waals surface area contributed by atoms with Crippen LogP contribution in [-0.4, -0.2) is 6.71 Å². The largest absolute Gasteiger partial charge is 0.327 e. The van der Waals surface area contributed by atoms with Crippen molar-refractivity contribution in [2.75, 3.05) is 0 Å². The van der Waals surface area contributed by atoms with Gasteiger partial charge in [-0.1, -0.05) is 59.5 Å². The highest BCUT2D eigenvalue weighted by Gasteiger charge is 2.45. The van der Waals surface area contributed by atoms with Gasteiger partial charge in [-0.2, -0.15) is 0 Å². The summed E-state index contributed by atoms with van der Waals surface area (Å²) in [5.74, 6) is 0. The lowest BCUT2D eigenvalue weighted by atomic mass is 9.38. The smallest absolute Gasteiger partial charge is 0.204 e. The molecule has 0 saturated carbocycles. The third kappa shape index (κ3) is 1.35.